The first-order valence-corrected chi connectivity index (χ1v) is 38.0. The van der Waals surface area contributed by atoms with Gasteiger partial charge in [0.15, 0.2) is 0 Å². The molecule has 0 atom stereocenters. The van der Waals surface area contributed by atoms with E-state index in [2.05, 4.69) is 21.1 Å². The number of halogens is 6. The van der Waals surface area contributed by atoms with Crippen molar-refractivity contribution < 1.29 is 71.7 Å². The summed E-state index contributed by atoms with van der Waals surface area (Å²) >= 11 is 2.59. The quantitative estimate of drug-likeness (QED) is 0.0263. The molecular formula is C76H62B2F6N8O10S4. The largest absolute Gasteiger partial charge is 0.516 e. The van der Waals surface area contributed by atoms with Crippen LogP contribution in [-0.2, 0) is 29.6 Å². The van der Waals surface area contributed by atoms with E-state index in [-0.39, 0.29) is 50.0 Å². The van der Waals surface area contributed by atoms with Crippen LogP contribution in [0, 0.1) is 22.7 Å². The summed E-state index contributed by atoms with van der Waals surface area (Å²) in [6.07, 6.45) is -0.897. The van der Waals surface area contributed by atoms with Crippen molar-refractivity contribution in [2.24, 2.45) is 0 Å². The highest BCUT2D eigenvalue weighted by Crippen LogP contribution is 2.40. The minimum atomic E-state index is -5.91. The smallest absolute Gasteiger partial charge is 0.494 e. The van der Waals surface area contributed by atoms with Crippen molar-refractivity contribution in [2.75, 3.05) is 26.4 Å². The molecule has 0 aliphatic heterocycles. The molecule has 12 rings (SSSR count). The van der Waals surface area contributed by atoms with Gasteiger partial charge < -0.3 is 27.9 Å². The maximum atomic E-state index is 13.1. The summed E-state index contributed by atoms with van der Waals surface area (Å²) in [5.41, 5.74) is -4.84. The van der Waals surface area contributed by atoms with Crippen LogP contribution in [0.1, 0.15) is 62.4 Å². The highest BCUT2D eigenvalue weighted by Gasteiger charge is 2.48. The number of amides is 2. The van der Waals surface area contributed by atoms with E-state index in [1.165, 1.54) is 22.7 Å². The average Bonchev–Trinajstić information content (AvgIpc) is 1.52. The molecule has 0 saturated heterocycles. The van der Waals surface area contributed by atoms with Crippen LogP contribution in [-0.4, -0.2) is 98.7 Å². The van der Waals surface area contributed by atoms with Gasteiger partial charge in [0.2, 0.25) is 11.8 Å². The fraction of sp³-hybridized carbons (Fsp3) is 0.184. The number of benzene rings is 8. The van der Waals surface area contributed by atoms with Gasteiger partial charge in [-0.05, 0) is 123 Å². The molecule has 8 aromatic carbocycles. The van der Waals surface area contributed by atoms with Crippen LogP contribution in [0.3, 0.4) is 0 Å². The molecule has 106 heavy (non-hydrogen) atoms. The number of hydrogen-bond acceptors (Lipinski definition) is 16. The number of alkyl halides is 6. The highest BCUT2D eigenvalue weighted by atomic mass is 32.2. The minimum absolute atomic E-state index is 0.0330. The summed E-state index contributed by atoms with van der Waals surface area (Å²) in [7, 11) is -11.8. The van der Waals surface area contributed by atoms with E-state index in [4.69, 9.17) is 28.9 Å². The summed E-state index contributed by atoms with van der Waals surface area (Å²) in [4.78, 5) is 35.4. The molecule has 4 heterocycles. The van der Waals surface area contributed by atoms with E-state index in [9.17, 15) is 63.3 Å². The van der Waals surface area contributed by atoms with E-state index in [1.54, 1.807) is 24.3 Å². The number of ether oxygens (including phenoxy) is 4. The number of nitrogens with zero attached hydrogens (tertiary/aromatic N) is 6. The van der Waals surface area contributed by atoms with Crippen LogP contribution < -0.4 is 60.9 Å². The molecular weight excluding hydrogens is 1450 g/mol. The zero-order valence-electron chi connectivity index (χ0n) is 56.5. The van der Waals surface area contributed by atoms with Crippen molar-refractivity contribution in [3.05, 3.63) is 227 Å². The summed E-state index contributed by atoms with van der Waals surface area (Å²) in [5.74, 6) is -0.893. The first-order chi connectivity index (χ1) is 51.0. The number of fused-ring (bicyclic) bond motifs is 3. The maximum Gasteiger partial charge on any atom is 0.516 e. The van der Waals surface area contributed by atoms with Crippen molar-refractivity contribution in [3.63, 3.8) is 0 Å². The second kappa shape index (κ2) is 32.1. The third-order valence-corrected chi connectivity index (χ3v) is 21.4. The standard InChI is InChI=1S/C76H62B2F6N8O10S4/c1-3-99-57-39-41-63-61(45-57)87-73(103-63)59(47-85)71-67-68(70(91(71)77(51-21-9-5-10-22-51)52-23-11-6-12-24-52)50-33-37-56(38-34-50)102-44-20-18-30-66(94)90-106(97,98)76(82,83)84)72(60(48-86)74-88-62-46-58(100-4-2)40-42-64(62)104-74)92(78(53-25-13-7-14-26-53)54-27-15-8-16-28-54)69(67)49-31-35-55(36-32-49)101-43-19-17-29-65(93)89-105(95,96)75(79,80)81/h5-16,21-28,31-42,45-46H,3-4,17-20,29-30,43-44H2,1-2H3,(H,89,93)(H,90,94)/b71-59-,72-60-. The Balaban J connectivity index is 1.20. The van der Waals surface area contributed by atoms with Gasteiger partial charge in [0.05, 0.1) is 57.6 Å². The Bertz CT molecular complexity index is 5250. The predicted octanol–water partition coefficient (Wildman–Crippen LogP) is 11.6. The molecule has 0 saturated carbocycles. The molecule has 0 spiro atoms. The Kier molecular flexibility index (Phi) is 22.5. The van der Waals surface area contributed by atoms with Crippen molar-refractivity contribution in [1.29, 1.82) is 10.5 Å². The minimum Gasteiger partial charge on any atom is -0.494 e. The predicted molar refractivity (Wildman–Crippen MR) is 399 cm³/mol. The van der Waals surface area contributed by atoms with Gasteiger partial charge in [0.1, 0.15) is 56.3 Å². The van der Waals surface area contributed by atoms with Gasteiger partial charge in [-0.25, -0.2) is 19.4 Å². The number of hydrogen-bond donors (Lipinski definition) is 2. The van der Waals surface area contributed by atoms with Crippen molar-refractivity contribution in [3.8, 4) is 57.7 Å². The summed E-state index contributed by atoms with van der Waals surface area (Å²) in [6, 6.07) is 69.5. The lowest BCUT2D eigenvalue weighted by Crippen LogP contribution is -2.54. The molecule has 2 N–H and O–H groups in total. The van der Waals surface area contributed by atoms with Gasteiger partial charge in [-0.2, -0.15) is 53.7 Å². The molecule has 0 aliphatic rings. The second-order valence-electron chi connectivity index (χ2n) is 24.1. The number of unbranched alkanes of at least 4 members (excludes halogenated alkanes) is 2. The zero-order chi connectivity index (χ0) is 74.9. The second-order valence-corrected chi connectivity index (χ2v) is 29.5. The highest BCUT2D eigenvalue weighted by molar-refractivity contribution is 7.91. The van der Waals surface area contributed by atoms with E-state index in [0.717, 1.165) is 40.7 Å². The van der Waals surface area contributed by atoms with Crippen molar-refractivity contribution >= 4 is 132 Å². The lowest BCUT2D eigenvalue weighted by Gasteiger charge is -2.24. The Morgan fingerprint density at radius 3 is 1.08 bits per heavy atom. The van der Waals surface area contributed by atoms with Crippen molar-refractivity contribution in [2.45, 2.75) is 63.4 Å². The lowest BCUT2D eigenvalue weighted by atomic mass is 9.50. The Labute approximate surface area is 613 Å². The van der Waals surface area contributed by atoms with E-state index in [1.807, 2.05) is 196 Å². The Morgan fingerprint density at radius 1 is 0.462 bits per heavy atom. The molecule has 0 fully saturated rings. The molecule has 2 amide bonds. The fourth-order valence-corrected chi connectivity index (χ4v) is 15.5. The monoisotopic (exact) mass is 1510 g/mol. The van der Waals surface area contributed by atoms with Gasteiger partial charge in [-0.3, -0.25) is 9.59 Å². The Morgan fingerprint density at radius 2 is 0.783 bits per heavy atom. The molecule has 0 bridgehead atoms. The SMILES string of the molecule is CCOc1ccc2sc(/C(C#N)=c3/c4c(-c5ccc(OCCCCC(=O)NS(=O)(=O)C(F)(F)F)cc5)n(B(c5ccccc5)c5ccccc5)/c(=C(/C#N)c5nc6cc(OCC)ccc6s5)c4c(-c4ccc(OCCCCC(=O)NS(=O)(=O)C(F)(F)F)cc4)n3B(c3ccccc3)c3ccccc3)nc2c1. The Hall–Kier alpha value is -11.2. The molecule has 12 aromatic rings. The van der Waals surface area contributed by atoms with Gasteiger partial charge in [0, 0.05) is 47.1 Å². The maximum absolute atomic E-state index is 13.1. The number of sulfonamides is 2. The number of nitriles is 2. The van der Waals surface area contributed by atoms with Crippen LogP contribution in [0.4, 0.5) is 26.3 Å². The van der Waals surface area contributed by atoms with Crippen LogP contribution in [0.5, 0.6) is 23.0 Å². The number of aromatic nitrogens is 4. The lowest BCUT2D eigenvalue weighted by molar-refractivity contribution is -0.120. The van der Waals surface area contributed by atoms with Crippen LogP contribution in [0.15, 0.2) is 206 Å². The van der Waals surface area contributed by atoms with Crippen LogP contribution in [0.25, 0.3) is 64.9 Å². The first-order valence-electron chi connectivity index (χ1n) is 33.4. The number of thiazole rings is 2. The molecule has 538 valence electrons. The normalized spacial score (nSPS) is 12.5. The summed E-state index contributed by atoms with van der Waals surface area (Å²) in [6.45, 7) is 2.77. The van der Waals surface area contributed by atoms with Gasteiger partial charge in [0.25, 0.3) is 0 Å². The third-order valence-electron chi connectivity index (χ3n) is 17.1. The van der Waals surface area contributed by atoms with Crippen molar-refractivity contribution in [1.82, 2.24) is 28.4 Å². The zero-order valence-corrected chi connectivity index (χ0v) is 59.8. The van der Waals surface area contributed by atoms with E-state index < -0.39 is 69.4 Å². The van der Waals surface area contributed by atoms with Gasteiger partial charge in [-0.15, -0.1) is 22.7 Å². The fourth-order valence-electron chi connectivity index (χ4n) is 12.5. The third kappa shape index (κ3) is 16.1. The number of carbonyl (C=O) groups is 2. The molecule has 0 radical (unpaired) electrons. The number of carbonyl (C=O) groups excluding carboxylic acids is 2. The van der Waals surface area contributed by atoms with E-state index >= 15 is 0 Å². The van der Waals surface area contributed by atoms with Gasteiger partial charge >= 0.3 is 44.8 Å². The number of rotatable bonds is 28. The summed E-state index contributed by atoms with van der Waals surface area (Å²) < 4.78 is 158. The summed E-state index contributed by atoms with van der Waals surface area (Å²) in [5, 5.41) is 27.4. The molecule has 30 heteroatoms. The molecule has 18 nitrogen and oxygen atoms in total. The average molecular weight is 1510 g/mol. The molecule has 0 aliphatic carbocycles. The molecule has 4 aromatic heterocycles. The van der Waals surface area contributed by atoms with Crippen LogP contribution >= 0.6 is 22.7 Å². The molecule has 0 unspecified atom stereocenters. The van der Waals surface area contributed by atoms with Gasteiger partial charge in [-0.1, -0.05) is 143 Å². The van der Waals surface area contributed by atoms with Crippen LogP contribution in [0.2, 0.25) is 0 Å². The first kappa shape index (κ1) is 74.5. The topological polar surface area (TPSA) is 247 Å². The number of nitrogens with one attached hydrogen (secondary N) is 2. The van der Waals surface area contributed by atoms with E-state index in [0.29, 0.717) is 101 Å².